The van der Waals surface area contributed by atoms with Crippen LogP contribution in [0.4, 0.5) is 8.78 Å². The van der Waals surface area contributed by atoms with Gasteiger partial charge in [-0.15, -0.1) is 11.6 Å². The van der Waals surface area contributed by atoms with Crippen molar-refractivity contribution < 1.29 is 13.2 Å². The summed E-state index contributed by atoms with van der Waals surface area (Å²) in [6.45, 7) is 0. The first-order valence-electron chi connectivity index (χ1n) is 4.16. The molecule has 0 saturated heterocycles. The van der Waals surface area contributed by atoms with Crippen LogP contribution < -0.4 is 0 Å². The zero-order chi connectivity index (χ0) is 10.8. The lowest BCUT2D eigenvalue weighted by atomic mass is 10.1. The van der Waals surface area contributed by atoms with Crippen molar-refractivity contribution in [1.29, 1.82) is 0 Å². The SMILES string of the molecule is Fc1ccc(-c2ocnc2CCl)cc1F. The smallest absolute Gasteiger partial charge is 0.181 e. The Morgan fingerprint density at radius 2 is 2.07 bits per heavy atom. The molecule has 2 aromatic rings. The number of halogens is 3. The number of rotatable bonds is 2. The summed E-state index contributed by atoms with van der Waals surface area (Å²) in [5.74, 6) is -1.30. The van der Waals surface area contributed by atoms with Crippen molar-refractivity contribution in [2.75, 3.05) is 0 Å². The molecule has 0 aliphatic heterocycles. The molecule has 15 heavy (non-hydrogen) atoms. The number of alkyl halides is 1. The lowest BCUT2D eigenvalue weighted by Gasteiger charge is -1.99. The van der Waals surface area contributed by atoms with Crippen LogP contribution >= 0.6 is 11.6 Å². The van der Waals surface area contributed by atoms with Gasteiger partial charge >= 0.3 is 0 Å². The van der Waals surface area contributed by atoms with Gasteiger partial charge in [0, 0.05) is 5.56 Å². The first kappa shape index (κ1) is 10.1. The largest absolute Gasteiger partial charge is 0.443 e. The summed E-state index contributed by atoms with van der Waals surface area (Å²) >= 11 is 5.60. The summed E-state index contributed by atoms with van der Waals surface area (Å²) in [7, 11) is 0. The number of benzene rings is 1. The Hall–Kier alpha value is -1.42. The summed E-state index contributed by atoms with van der Waals surface area (Å²) in [6, 6.07) is 3.49. The van der Waals surface area contributed by atoms with E-state index < -0.39 is 11.6 Å². The van der Waals surface area contributed by atoms with Crippen molar-refractivity contribution in [3.63, 3.8) is 0 Å². The van der Waals surface area contributed by atoms with Crippen LogP contribution in [0.2, 0.25) is 0 Å². The highest BCUT2D eigenvalue weighted by Crippen LogP contribution is 2.25. The van der Waals surface area contributed by atoms with Gasteiger partial charge in [0.15, 0.2) is 23.8 Å². The highest BCUT2D eigenvalue weighted by atomic mass is 35.5. The fourth-order valence-corrected chi connectivity index (χ4v) is 1.43. The van der Waals surface area contributed by atoms with E-state index in [1.165, 1.54) is 12.5 Å². The standard InChI is InChI=1S/C10H6ClF2NO/c11-4-9-10(15-5-14-9)6-1-2-7(12)8(13)3-6/h1-3,5H,4H2. The molecule has 1 aromatic carbocycles. The maximum absolute atomic E-state index is 12.9. The Morgan fingerprint density at radius 3 is 2.73 bits per heavy atom. The van der Waals surface area contributed by atoms with Gasteiger partial charge in [0.05, 0.1) is 5.88 Å². The molecule has 2 nitrogen and oxygen atoms in total. The number of hydrogen-bond acceptors (Lipinski definition) is 2. The second-order valence-electron chi connectivity index (χ2n) is 2.89. The first-order valence-corrected chi connectivity index (χ1v) is 4.69. The van der Waals surface area contributed by atoms with Crippen molar-refractivity contribution >= 4 is 11.6 Å². The minimum absolute atomic E-state index is 0.158. The molecule has 0 unspecified atom stereocenters. The molecule has 0 radical (unpaired) electrons. The van der Waals surface area contributed by atoms with Gasteiger partial charge in [-0.05, 0) is 18.2 Å². The molecule has 1 heterocycles. The van der Waals surface area contributed by atoms with Crippen LogP contribution in [-0.4, -0.2) is 4.98 Å². The highest BCUT2D eigenvalue weighted by Gasteiger charge is 2.12. The van der Waals surface area contributed by atoms with E-state index in [1.54, 1.807) is 0 Å². The summed E-state index contributed by atoms with van der Waals surface area (Å²) in [4.78, 5) is 3.85. The van der Waals surface area contributed by atoms with Crippen molar-refractivity contribution in [3.8, 4) is 11.3 Å². The van der Waals surface area contributed by atoms with Crippen molar-refractivity contribution in [2.24, 2.45) is 0 Å². The van der Waals surface area contributed by atoms with E-state index in [-0.39, 0.29) is 5.88 Å². The molecule has 0 amide bonds. The maximum atomic E-state index is 12.9. The molecular formula is C10H6ClF2NO. The lowest BCUT2D eigenvalue weighted by Crippen LogP contribution is -1.87. The molecule has 0 N–H and O–H groups in total. The summed E-state index contributed by atoms with van der Waals surface area (Å²) < 4.78 is 30.7. The van der Waals surface area contributed by atoms with E-state index in [0.29, 0.717) is 17.0 Å². The number of oxazole rings is 1. The van der Waals surface area contributed by atoms with E-state index in [2.05, 4.69) is 4.98 Å². The van der Waals surface area contributed by atoms with Gasteiger partial charge in [0.2, 0.25) is 0 Å². The van der Waals surface area contributed by atoms with Gasteiger partial charge in [0.25, 0.3) is 0 Å². The van der Waals surface area contributed by atoms with Crippen LogP contribution in [0.3, 0.4) is 0 Å². The summed E-state index contributed by atoms with van der Waals surface area (Å²) in [5, 5.41) is 0. The molecule has 0 fully saturated rings. The van der Waals surface area contributed by atoms with Crippen LogP contribution in [0.1, 0.15) is 5.69 Å². The fourth-order valence-electron chi connectivity index (χ4n) is 1.24. The fraction of sp³-hybridized carbons (Fsp3) is 0.100. The Labute approximate surface area is 89.5 Å². The van der Waals surface area contributed by atoms with Crippen LogP contribution in [0.5, 0.6) is 0 Å². The topological polar surface area (TPSA) is 26.0 Å². The van der Waals surface area contributed by atoms with E-state index in [4.69, 9.17) is 16.0 Å². The lowest BCUT2D eigenvalue weighted by molar-refractivity contribution is 0.507. The molecule has 0 bridgehead atoms. The van der Waals surface area contributed by atoms with E-state index in [1.807, 2.05) is 0 Å². The predicted molar refractivity (Wildman–Crippen MR) is 51.4 cm³/mol. The molecule has 78 valence electrons. The normalized spacial score (nSPS) is 10.6. The van der Waals surface area contributed by atoms with Crippen LogP contribution in [0.15, 0.2) is 29.0 Å². The van der Waals surface area contributed by atoms with Gasteiger partial charge in [-0.3, -0.25) is 0 Å². The Kier molecular flexibility index (Phi) is 2.68. The number of aromatic nitrogens is 1. The van der Waals surface area contributed by atoms with Crippen LogP contribution in [0, 0.1) is 11.6 Å². The van der Waals surface area contributed by atoms with Crippen LogP contribution in [-0.2, 0) is 5.88 Å². The maximum Gasteiger partial charge on any atom is 0.181 e. The first-order chi connectivity index (χ1) is 7.22. The van der Waals surface area contributed by atoms with Crippen LogP contribution in [0.25, 0.3) is 11.3 Å². The number of hydrogen-bond donors (Lipinski definition) is 0. The average Bonchev–Trinajstić information content (AvgIpc) is 2.70. The minimum atomic E-state index is -0.926. The molecule has 0 spiro atoms. The molecule has 0 saturated carbocycles. The quantitative estimate of drug-likeness (QED) is 0.738. The second-order valence-corrected chi connectivity index (χ2v) is 3.16. The molecule has 0 aliphatic carbocycles. The molecule has 2 rings (SSSR count). The van der Waals surface area contributed by atoms with Crippen molar-refractivity contribution in [3.05, 3.63) is 41.9 Å². The third-order valence-electron chi connectivity index (χ3n) is 1.95. The molecule has 0 aliphatic rings. The zero-order valence-electron chi connectivity index (χ0n) is 7.51. The summed E-state index contributed by atoms with van der Waals surface area (Å²) in [6.07, 6.45) is 1.22. The average molecular weight is 230 g/mol. The zero-order valence-corrected chi connectivity index (χ0v) is 8.26. The third-order valence-corrected chi connectivity index (χ3v) is 2.20. The number of nitrogens with zero attached hydrogens (tertiary/aromatic N) is 1. The van der Waals surface area contributed by atoms with Crippen molar-refractivity contribution in [2.45, 2.75) is 5.88 Å². The molecular weight excluding hydrogens is 224 g/mol. The van der Waals surface area contributed by atoms with E-state index >= 15 is 0 Å². The van der Waals surface area contributed by atoms with E-state index in [0.717, 1.165) is 12.1 Å². The van der Waals surface area contributed by atoms with E-state index in [9.17, 15) is 8.78 Å². The van der Waals surface area contributed by atoms with Gasteiger partial charge in [-0.2, -0.15) is 0 Å². The summed E-state index contributed by atoms with van der Waals surface area (Å²) in [5.41, 5.74) is 0.921. The van der Waals surface area contributed by atoms with Gasteiger partial charge in [-0.25, -0.2) is 13.8 Å². The Morgan fingerprint density at radius 1 is 1.27 bits per heavy atom. The predicted octanol–water partition coefficient (Wildman–Crippen LogP) is 3.36. The van der Waals surface area contributed by atoms with Gasteiger partial charge in [0.1, 0.15) is 5.69 Å². The second kappa shape index (κ2) is 3.98. The van der Waals surface area contributed by atoms with Gasteiger partial charge < -0.3 is 4.42 Å². The Bertz CT molecular complexity index is 484. The van der Waals surface area contributed by atoms with Crippen molar-refractivity contribution in [1.82, 2.24) is 4.98 Å². The third kappa shape index (κ3) is 1.85. The highest BCUT2D eigenvalue weighted by molar-refractivity contribution is 6.17. The molecule has 0 atom stereocenters. The van der Waals surface area contributed by atoms with Gasteiger partial charge in [-0.1, -0.05) is 0 Å². The molecule has 5 heteroatoms. The monoisotopic (exact) mass is 229 g/mol. The Balaban J connectivity index is 2.50. The minimum Gasteiger partial charge on any atom is -0.443 e. The molecule has 1 aromatic heterocycles.